The maximum Gasteiger partial charge on any atom is 0.410 e. The van der Waals surface area contributed by atoms with Gasteiger partial charge in [0.2, 0.25) is 0 Å². The number of fused-ring (bicyclic) bond motifs is 1. The van der Waals surface area contributed by atoms with Crippen molar-refractivity contribution in [3.8, 4) is 0 Å². The molecule has 1 amide bonds. The number of carbonyl (C=O) groups excluding carboxylic acids is 1. The van der Waals surface area contributed by atoms with Crippen LogP contribution < -0.4 is 0 Å². The molecule has 4 aromatic carbocycles. The van der Waals surface area contributed by atoms with Crippen LogP contribution in [-0.2, 0) is 50.1 Å². The molecule has 6 rings (SSSR count). The Balaban J connectivity index is 0.941. The minimum Gasteiger partial charge on any atom is -0.447 e. The zero-order valence-electron chi connectivity index (χ0n) is 31.6. The molecule has 2 heterocycles. The highest BCUT2D eigenvalue weighted by molar-refractivity contribution is 5.71. The van der Waals surface area contributed by atoms with E-state index in [1.54, 1.807) is 0 Å². The third-order valence-corrected chi connectivity index (χ3v) is 10.4. The molecule has 0 radical (unpaired) electrons. The van der Waals surface area contributed by atoms with Crippen molar-refractivity contribution in [3.05, 3.63) is 156 Å². The van der Waals surface area contributed by atoms with E-state index in [-0.39, 0.29) is 36.5 Å². The van der Waals surface area contributed by atoms with Crippen molar-refractivity contribution in [2.45, 2.75) is 115 Å². The number of cyclic esters (lactones) is 1. The minimum atomic E-state index is -0.267. The number of benzene rings is 4. The quantitative estimate of drug-likeness (QED) is 0.0528. The molecule has 5 atom stereocenters. The van der Waals surface area contributed by atoms with Crippen LogP contribution in [0, 0.1) is 0 Å². The number of allylic oxidation sites excluding steroid dienone is 2. The number of hydrogen-bond donors (Lipinski definition) is 0. The predicted molar refractivity (Wildman–Crippen MR) is 213 cm³/mol. The third kappa shape index (κ3) is 12.4. The standard InChI is InChI=1S/C47H57NO6/c49-47-48-43(45(52-35-40-25-14-8-15-26-40)46(44(48)37-54-47)53-36-41-27-16-9-17-28-41)31-19-5-3-1-2-4-18-29-42(51-34-39-23-12-7-13-24-39)30-20-32-50-33-38-21-10-6-11-22-38/h3,5-17,21-28,42-46H,1-2,4,18-20,29-37H2/b5-3+/t42-,43+,44+,45+,46+/m0/s1. The average Bonchev–Trinajstić information content (AvgIpc) is 3.74. The van der Waals surface area contributed by atoms with Crippen LogP contribution in [-0.4, -0.2) is 54.6 Å². The van der Waals surface area contributed by atoms with Gasteiger partial charge in [0.25, 0.3) is 0 Å². The molecule has 0 N–H and O–H groups in total. The van der Waals surface area contributed by atoms with Gasteiger partial charge < -0.3 is 23.7 Å². The first-order valence-electron chi connectivity index (χ1n) is 19.9. The summed E-state index contributed by atoms with van der Waals surface area (Å²) in [6.07, 6.45) is 13.2. The maximum absolute atomic E-state index is 13.0. The number of amides is 1. The monoisotopic (exact) mass is 731 g/mol. The molecule has 4 aromatic rings. The zero-order valence-corrected chi connectivity index (χ0v) is 31.6. The molecule has 7 heteroatoms. The number of rotatable bonds is 24. The van der Waals surface area contributed by atoms with Gasteiger partial charge in [-0.2, -0.15) is 0 Å². The van der Waals surface area contributed by atoms with Crippen LogP contribution in [0.3, 0.4) is 0 Å². The van der Waals surface area contributed by atoms with Gasteiger partial charge in [-0.05, 0) is 67.2 Å². The second-order valence-electron chi connectivity index (χ2n) is 14.4. The normalized spacial score (nSPS) is 20.0. The largest absolute Gasteiger partial charge is 0.447 e. The van der Waals surface area contributed by atoms with Crippen molar-refractivity contribution in [3.63, 3.8) is 0 Å². The van der Waals surface area contributed by atoms with Gasteiger partial charge >= 0.3 is 6.09 Å². The fourth-order valence-corrected chi connectivity index (χ4v) is 7.52. The molecule has 2 aliphatic heterocycles. The molecule has 0 unspecified atom stereocenters. The predicted octanol–water partition coefficient (Wildman–Crippen LogP) is 10.2. The van der Waals surface area contributed by atoms with Crippen LogP contribution in [0.4, 0.5) is 4.79 Å². The Morgan fingerprint density at radius 2 is 1.15 bits per heavy atom. The molecule has 2 saturated heterocycles. The fraction of sp³-hybridized carbons (Fsp3) is 0.426. The van der Waals surface area contributed by atoms with E-state index in [0.717, 1.165) is 69.1 Å². The van der Waals surface area contributed by atoms with Gasteiger partial charge in [-0.3, -0.25) is 4.90 Å². The third-order valence-electron chi connectivity index (χ3n) is 10.4. The summed E-state index contributed by atoms with van der Waals surface area (Å²) in [6.45, 7) is 3.31. The van der Waals surface area contributed by atoms with E-state index in [1.807, 2.05) is 53.4 Å². The summed E-state index contributed by atoms with van der Waals surface area (Å²) in [4.78, 5) is 14.9. The highest BCUT2D eigenvalue weighted by Crippen LogP contribution is 2.37. The van der Waals surface area contributed by atoms with Gasteiger partial charge in [0.15, 0.2) is 0 Å². The van der Waals surface area contributed by atoms with E-state index in [4.69, 9.17) is 23.7 Å². The SMILES string of the molecule is O=C1OC[C@@H]2[C@@H](OCc3ccccc3)[C@H](OCc3ccccc3)[C@@H](CC/C=C/CCCCC[C@@H](CCCOCc3ccccc3)OCc3ccccc3)N12. The van der Waals surface area contributed by atoms with Crippen LogP contribution in [0.15, 0.2) is 133 Å². The lowest BCUT2D eigenvalue weighted by Gasteiger charge is -2.27. The Morgan fingerprint density at radius 3 is 1.78 bits per heavy atom. The number of nitrogens with zero attached hydrogens (tertiary/aromatic N) is 1. The van der Waals surface area contributed by atoms with Crippen molar-refractivity contribution >= 4 is 6.09 Å². The summed E-state index contributed by atoms with van der Waals surface area (Å²) >= 11 is 0. The van der Waals surface area contributed by atoms with Gasteiger partial charge in [0, 0.05) is 6.61 Å². The van der Waals surface area contributed by atoms with E-state index in [0.29, 0.717) is 33.0 Å². The first kappa shape index (κ1) is 39.4. The number of unbranched alkanes of at least 4 members (excludes halogenated alkanes) is 3. The molecule has 286 valence electrons. The van der Waals surface area contributed by atoms with Crippen molar-refractivity contribution < 1.29 is 28.5 Å². The summed E-state index contributed by atoms with van der Waals surface area (Å²) < 4.78 is 31.1. The summed E-state index contributed by atoms with van der Waals surface area (Å²) in [5.41, 5.74) is 4.63. The zero-order chi connectivity index (χ0) is 37.0. The molecular weight excluding hydrogens is 675 g/mol. The van der Waals surface area contributed by atoms with Gasteiger partial charge in [0.05, 0.1) is 44.6 Å². The smallest absolute Gasteiger partial charge is 0.410 e. The van der Waals surface area contributed by atoms with Gasteiger partial charge in [-0.25, -0.2) is 4.79 Å². The van der Waals surface area contributed by atoms with Gasteiger partial charge in [0.1, 0.15) is 18.8 Å². The Bertz CT molecular complexity index is 1640. The van der Waals surface area contributed by atoms with E-state index < -0.39 is 0 Å². The Kier molecular flexibility index (Phi) is 16.2. The van der Waals surface area contributed by atoms with Crippen molar-refractivity contribution in [2.75, 3.05) is 13.2 Å². The second-order valence-corrected chi connectivity index (χ2v) is 14.4. The van der Waals surface area contributed by atoms with E-state index in [9.17, 15) is 4.79 Å². The molecule has 0 saturated carbocycles. The molecule has 0 aliphatic carbocycles. The Morgan fingerprint density at radius 1 is 0.611 bits per heavy atom. The van der Waals surface area contributed by atoms with E-state index in [2.05, 4.69) is 84.9 Å². The van der Waals surface area contributed by atoms with Gasteiger partial charge in [-0.1, -0.05) is 146 Å². The lowest BCUT2D eigenvalue weighted by molar-refractivity contribution is -0.0829. The fourth-order valence-electron chi connectivity index (χ4n) is 7.52. The number of hydrogen-bond acceptors (Lipinski definition) is 6. The summed E-state index contributed by atoms with van der Waals surface area (Å²) in [6, 6.07) is 40.9. The van der Waals surface area contributed by atoms with Crippen LogP contribution in [0.5, 0.6) is 0 Å². The summed E-state index contributed by atoms with van der Waals surface area (Å²) in [7, 11) is 0. The molecule has 2 aliphatic rings. The molecule has 0 spiro atoms. The topological polar surface area (TPSA) is 66.5 Å². The first-order valence-corrected chi connectivity index (χ1v) is 19.9. The van der Waals surface area contributed by atoms with Gasteiger partial charge in [-0.15, -0.1) is 0 Å². The van der Waals surface area contributed by atoms with Crippen molar-refractivity contribution in [1.82, 2.24) is 4.90 Å². The van der Waals surface area contributed by atoms with Crippen molar-refractivity contribution in [1.29, 1.82) is 0 Å². The second kappa shape index (κ2) is 22.2. The summed E-state index contributed by atoms with van der Waals surface area (Å²) in [5.74, 6) is 0. The van der Waals surface area contributed by atoms with Crippen LogP contribution in [0.1, 0.15) is 80.0 Å². The highest BCUT2D eigenvalue weighted by Gasteiger charge is 2.56. The number of carbonyl (C=O) groups is 1. The molecular formula is C47H57NO6. The highest BCUT2D eigenvalue weighted by atomic mass is 16.6. The minimum absolute atomic E-state index is 0.115. The number of ether oxygens (including phenoxy) is 5. The Hall–Kier alpha value is -4.27. The Labute approximate surface area is 322 Å². The average molecular weight is 732 g/mol. The molecule has 0 bridgehead atoms. The van der Waals surface area contributed by atoms with Crippen LogP contribution >= 0.6 is 0 Å². The molecule has 7 nitrogen and oxygen atoms in total. The van der Waals surface area contributed by atoms with Crippen LogP contribution in [0.25, 0.3) is 0 Å². The first-order chi connectivity index (χ1) is 26.7. The maximum atomic E-state index is 13.0. The van der Waals surface area contributed by atoms with Crippen LogP contribution in [0.2, 0.25) is 0 Å². The van der Waals surface area contributed by atoms with E-state index in [1.165, 1.54) is 17.5 Å². The molecule has 2 fully saturated rings. The lowest BCUT2D eigenvalue weighted by atomic mass is 10.0. The summed E-state index contributed by atoms with van der Waals surface area (Å²) in [5, 5.41) is 0. The van der Waals surface area contributed by atoms with E-state index >= 15 is 0 Å². The lowest BCUT2D eigenvalue weighted by Crippen LogP contribution is -2.40. The molecule has 0 aromatic heterocycles. The van der Waals surface area contributed by atoms with Crippen molar-refractivity contribution in [2.24, 2.45) is 0 Å². The molecule has 54 heavy (non-hydrogen) atoms.